The second kappa shape index (κ2) is 3.67. The van der Waals surface area contributed by atoms with E-state index in [0.717, 1.165) is 5.56 Å². The maximum absolute atomic E-state index is 12.3. The number of H-pyrrole nitrogens is 2. The van der Waals surface area contributed by atoms with Gasteiger partial charge in [0.25, 0.3) is 5.56 Å². The molecule has 2 N–H and O–H groups in total. The molecule has 0 saturated heterocycles. The zero-order chi connectivity index (χ0) is 13.9. The van der Waals surface area contributed by atoms with Crippen LogP contribution < -0.4 is 5.56 Å². The molecule has 2 heterocycles. The summed E-state index contributed by atoms with van der Waals surface area (Å²) < 4.78 is 0.175. The molecule has 96 valence electrons. The standard InChI is InChI=1S/C13H6N4O2S/c18-10-6-4-2-1-3-5(6)7-8(10)14-9-11(15-7)16-13(20)17-12(9)19/h1-4H,(H2,15,16,17,19,20). The van der Waals surface area contributed by atoms with Crippen molar-refractivity contribution in [2.45, 2.75) is 0 Å². The van der Waals surface area contributed by atoms with E-state index in [1.54, 1.807) is 18.2 Å². The number of fused-ring (bicyclic) bond motifs is 4. The molecule has 0 saturated carbocycles. The van der Waals surface area contributed by atoms with E-state index in [-0.39, 0.29) is 27.4 Å². The van der Waals surface area contributed by atoms with Crippen LogP contribution in [0.4, 0.5) is 0 Å². The normalized spacial score (nSPS) is 12.5. The average molecular weight is 282 g/mol. The zero-order valence-corrected chi connectivity index (χ0v) is 10.7. The smallest absolute Gasteiger partial charge is 0.279 e. The highest BCUT2D eigenvalue weighted by molar-refractivity contribution is 7.71. The highest BCUT2D eigenvalue weighted by Gasteiger charge is 2.30. The van der Waals surface area contributed by atoms with Crippen molar-refractivity contribution in [3.8, 4) is 11.3 Å². The minimum Gasteiger partial charge on any atom is -0.315 e. The number of aromatic amines is 2. The minimum atomic E-state index is -0.456. The molecule has 4 rings (SSSR count). The molecule has 0 spiro atoms. The van der Waals surface area contributed by atoms with E-state index in [9.17, 15) is 9.59 Å². The lowest BCUT2D eigenvalue weighted by molar-refractivity contribution is 0.103. The number of hydrogen-bond donors (Lipinski definition) is 2. The number of hydrogen-bond acceptors (Lipinski definition) is 5. The van der Waals surface area contributed by atoms with Gasteiger partial charge in [0.15, 0.2) is 15.9 Å². The van der Waals surface area contributed by atoms with Crippen LogP contribution in [0.1, 0.15) is 16.1 Å². The summed E-state index contributed by atoms with van der Waals surface area (Å²) in [4.78, 5) is 37.8. The Bertz CT molecular complexity index is 1020. The van der Waals surface area contributed by atoms with Crippen LogP contribution >= 0.6 is 12.2 Å². The summed E-state index contributed by atoms with van der Waals surface area (Å²) in [6.07, 6.45) is 0. The van der Waals surface area contributed by atoms with Gasteiger partial charge >= 0.3 is 0 Å². The zero-order valence-electron chi connectivity index (χ0n) is 9.93. The number of nitrogens with one attached hydrogen (secondary N) is 2. The van der Waals surface area contributed by atoms with Gasteiger partial charge in [-0.3, -0.25) is 14.6 Å². The van der Waals surface area contributed by atoms with E-state index in [1.807, 2.05) is 6.07 Å². The minimum absolute atomic E-state index is 0.0820. The molecule has 3 aromatic rings. The van der Waals surface area contributed by atoms with Crippen molar-refractivity contribution in [1.82, 2.24) is 19.9 Å². The molecule has 0 aliphatic heterocycles. The largest absolute Gasteiger partial charge is 0.315 e. The third-order valence-corrected chi connectivity index (χ3v) is 3.42. The monoisotopic (exact) mass is 282 g/mol. The first-order valence-electron chi connectivity index (χ1n) is 5.83. The highest BCUT2D eigenvalue weighted by atomic mass is 32.1. The highest BCUT2D eigenvalue weighted by Crippen LogP contribution is 2.33. The molecule has 1 aliphatic rings. The molecule has 0 fully saturated rings. The topological polar surface area (TPSA) is 91.5 Å². The molecule has 6 nitrogen and oxygen atoms in total. The molecule has 1 aliphatic carbocycles. The number of carbonyl (C=O) groups is 1. The van der Waals surface area contributed by atoms with Crippen LogP contribution in [0.15, 0.2) is 29.1 Å². The summed E-state index contributed by atoms with van der Waals surface area (Å²) in [7, 11) is 0. The van der Waals surface area contributed by atoms with Crippen LogP contribution in [0.5, 0.6) is 0 Å². The van der Waals surface area contributed by atoms with Crippen molar-refractivity contribution < 1.29 is 4.79 Å². The van der Waals surface area contributed by atoms with Gasteiger partial charge in [-0.1, -0.05) is 24.3 Å². The summed E-state index contributed by atoms with van der Waals surface area (Å²) in [5, 5.41) is 0. The molecular formula is C13H6N4O2S. The fourth-order valence-corrected chi connectivity index (χ4v) is 2.53. The molecule has 1 aromatic carbocycles. The second-order valence-corrected chi connectivity index (χ2v) is 4.81. The Balaban J connectivity index is 2.19. The van der Waals surface area contributed by atoms with E-state index in [0.29, 0.717) is 11.3 Å². The number of rotatable bonds is 0. The van der Waals surface area contributed by atoms with Gasteiger partial charge in [-0.05, 0) is 12.2 Å². The Kier molecular flexibility index (Phi) is 2.05. The van der Waals surface area contributed by atoms with Crippen LogP contribution in [0.2, 0.25) is 0 Å². The lowest BCUT2D eigenvalue weighted by atomic mass is 10.1. The molecule has 0 atom stereocenters. The lowest BCUT2D eigenvalue weighted by Gasteiger charge is -2.00. The van der Waals surface area contributed by atoms with Gasteiger partial charge in [-0.15, -0.1) is 0 Å². The van der Waals surface area contributed by atoms with Crippen molar-refractivity contribution in [1.29, 1.82) is 0 Å². The Morgan fingerprint density at radius 3 is 2.50 bits per heavy atom. The lowest BCUT2D eigenvalue weighted by Crippen LogP contribution is -2.13. The van der Waals surface area contributed by atoms with Crippen LogP contribution in [0, 0.1) is 4.77 Å². The van der Waals surface area contributed by atoms with Gasteiger partial charge < -0.3 is 4.98 Å². The van der Waals surface area contributed by atoms with Crippen molar-refractivity contribution in [2.24, 2.45) is 0 Å². The number of benzene rings is 1. The van der Waals surface area contributed by atoms with Crippen molar-refractivity contribution >= 4 is 29.2 Å². The fraction of sp³-hybridized carbons (Fsp3) is 0. The summed E-state index contributed by atoms with van der Waals surface area (Å²) in [6.45, 7) is 0. The van der Waals surface area contributed by atoms with E-state index in [2.05, 4.69) is 19.9 Å². The van der Waals surface area contributed by atoms with Crippen molar-refractivity contribution in [3.63, 3.8) is 0 Å². The SMILES string of the molecule is O=C1c2ccccc2-c2nc3[nH]c(=S)[nH]c(=O)c3nc21. The summed E-state index contributed by atoms with van der Waals surface area (Å²) >= 11 is 4.91. The van der Waals surface area contributed by atoms with Gasteiger partial charge in [-0.2, -0.15) is 0 Å². The summed E-state index contributed by atoms with van der Waals surface area (Å²) in [5.74, 6) is -0.216. The Labute approximate surface area is 116 Å². The van der Waals surface area contributed by atoms with Gasteiger partial charge in [0.2, 0.25) is 5.78 Å². The molecular weight excluding hydrogens is 276 g/mol. The van der Waals surface area contributed by atoms with Crippen molar-refractivity contribution in [3.05, 3.63) is 50.6 Å². The van der Waals surface area contributed by atoms with E-state index in [1.165, 1.54) is 0 Å². The van der Waals surface area contributed by atoms with Gasteiger partial charge in [0.1, 0.15) is 11.4 Å². The van der Waals surface area contributed by atoms with Crippen LogP contribution in [-0.2, 0) is 0 Å². The molecule has 0 unspecified atom stereocenters. The Morgan fingerprint density at radius 2 is 1.70 bits per heavy atom. The molecule has 0 radical (unpaired) electrons. The maximum atomic E-state index is 12.3. The molecule has 7 heteroatoms. The number of nitrogens with zero attached hydrogens (tertiary/aromatic N) is 2. The van der Waals surface area contributed by atoms with Gasteiger partial charge in [-0.25, -0.2) is 9.97 Å². The van der Waals surface area contributed by atoms with Crippen LogP contribution in [0.3, 0.4) is 0 Å². The number of carbonyl (C=O) groups excluding carboxylic acids is 1. The fourth-order valence-electron chi connectivity index (χ4n) is 2.34. The van der Waals surface area contributed by atoms with Gasteiger partial charge in [0, 0.05) is 11.1 Å². The van der Waals surface area contributed by atoms with E-state index in [4.69, 9.17) is 12.2 Å². The quantitative estimate of drug-likeness (QED) is 0.478. The average Bonchev–Trinajstić information content (AvgIpc) is 2.71. The number of ketones is 1. The second-order valence-electron chi connectivity index (χ2n) is 4.40. The predicted molar refractivity (Wildman–Crippen MR) is 74.2 cm³/mol. The van der Waals surface area contributed by atoms with E-state index >= 15 is 0 Å². The third kappa shape index (κ3) is 1.35. The van der Waals surface area contributed by atoms with Crippen LogP contribution in [-0.4, -0.2) is 25.7 Å². The van der Waals surface area contributed by atoms with Crippen LogP contribution in [0.25, 0.3) is 22.4 Å². The predicted octanol–water partition coefficient (Wildman–Crippen LogP) is 1.59. The van der Waals surface area contributed by atoms with E-state index < -0.39 is 5.56 Å². The maximum Gasteiger partial charge on any atom is 0.279 e. The molecule has 0 bridgehead atoms. The Morgan fingerprint density at radius 1 is 0.950 bits per heavy atom. The first-order chi connectivity index (χ1) is 9.65. The molecule has 0 amide bonds. The van der Waals surface area contributed by atoms with Gasteiger partial charge in [0.05, 0.1) is 0 Å². The third-order valence-electron chi connectivity index (χ3n) is 3.21. The van der Waals surface area contributed by atoms with Crippen molar-refractivity contribution in [2.75, 3.05) is 0 Å². The molecule has 2 aromatic heterocycles. The Hall–Kier alpha value is -2.67. The first kappa shape index (κ1) is 11.2. The number of aromatic nitrogens is 4. The summed E-state index contributed by atoms with van der Waals surface area (Å²) in [6, 6.07) is 7.13. The first-order valence-corrected chi connectivity index (χ1v) is 6.24. The summed E-state index contributed by atoms with van der Waals surface area (Å²) in [5.41, 5.74) is 1.86. The molecule has 20 heavy (non-hydrogen) atoms.